The minimum absolute atomic E-state index is 0.781. The number of benzene rings is 9. The van der Waals surface area contributed by atoms with E-state index in [1.807, 2.05) is 12.1 Å². The van der Waals surface area contributed by atoms with Crippen LogP contribution < -0.4 is 9.64 Å². The third-order valence-electron chi connectivity index (χ3n) is 11.5. The molecule has 0 aliphatic carbocycles. The quantitative estimate of drug-likeness (QED) is 0.176. The zero-order chi connectivity index (χ0) is 38.2. The first kappa shape index (κ1) is 32.4. The van der Waals surface area contributed by atoms with Gasteiger partial charge in [0.05, 0.1) is 11.4 Å². The number of hydrogen-bond acceptors (Lipinski definition) is 4. The maximum atomic E-state index is 6.84. The van der Waals surface area contributed by atoms with Gasteiger partial charge in [-0.15, -0.1) is 0 Å². The van der Waals surface area contributed by atoms with Crippen molar-refractivity contribution in [2.45, 2.75) is 0 Å². The number of para-hydroxylation sites is 5. The van der Waals surface area contributed by atoms with E-state index in [2.05, 4.69) is 193 Å². The van der Waals surface area contributed by atoms with Crippen LogP contribution in [-0.2, 0) is 0 Å². The van der Waals surface area contributed by atoms with Gasteiger partial charge in [-0.2, -0.15) is 0 Å². The van der Waals surface area contributed by atoms with Gasteiger partial charge >= 0.3 is 0 Å². The number of hydrogen-bond donors (Lipinski definition) is 0. The smallest absolute Gasteiger partial charge is 0.151 e. The Kier molecular flexibility index (Phi) is 7.20. The molecule has 0 N–H and O–H groups in total. The molecule has 0 unspecified atom stereocenters. The monoisotopic (exact) mass is 743 g/mol. The summed E-state index contributed by atoms with van der Waals surface area (Å²) in [4.78, 5) is 2.31. The van der Waals surface area contributed by atoms with Crippen LogP contribution in [0.3, 0.4) is 0 Å². The van der Waals surface area contributed by atoms with Gasteiger partial charge in [0.15, 0.2) is 11.5 Å². The molecule has 58 heavy (non-hydrogen) atoms. The summed E-state index contributed by atoms with van der Waals surface area (Å²) >= 11 is 0. The lowest BCUT2D eigenvalue weighted by Gasteiger charge is -2.33. The summed E-state index contributed by atoms with van der Waals surface area (Å²) in [5, 5.41) is 4.37. The Morgan fingerprint density at radius 3 is 1.05 bits per heavy atom. The normalized spacial score (nSPS) is 12.2. The molecule has 0 saturated heterocycles. The highest BCUT2D eigenvalue weighted by atomic mass is 16.5. The Morgan fingerprint density at radius 1 is 0.293 bits per heavy atom. The molecule has 1 aliphatic heterocycles. The lowest BCUT2D eigenvalue weighted by atomic mass is 9.98. The van der Waals surface area contributed by atoms with Gasteiger partial charge in [-0.3, -0.25) is 0 Å². The summed E-state index contributed by atoms with van der Waals surface area (Å²) in [6.07, 6.45) is 0. The standard InChI is InChI=1S/C54H33NO3/c1-4-14-34(15-5-1)39-20-10-24-43-45-26-12-22-41(53(45)57-51(39)43)36-28-30-49-47(32-36)55(38-18-8-3-9-19-38)48-33-37(29-31-50(48)56-49)42-23-13-27-46-44-25-11-21-40(52(44)58-54(42)46)35-16-6-2-7-17-35/h1-33H. The van der Waals surface area contributed by atoms with Crippen LogP contribution in [-0.4, -0.2) is 0 Å². The van der Waals surface area contributed by atoms with E-state index < -0.39 is 0 Å². The van der Waals surface area contributed by atoms with Gasteiger partial charge in [0, 0.05) is 49.5 Å². The molecule has 0 atom stereocenters. The van der Waals surface area contributed by atoms with Crippen molar-refractivity contribution < 1.29 is 13.6 Å². The Bertz CT molecular complexity index is 3160. The zero-order valence-corrected chi connectivity index (χ0v) is 31.2. The predicted octanol–water partition coefficient (Wildman–Crippen LogP) is 15.7. The van der Waals surface area contributed by atoms with Crippen LogP contribution in [0.5, 0.6) is 11.5 Å². The number of rotatable bonds is 5. The van der Waals surface area contributed by atoms with E-state index >= 15 is 0 Å². The van der Waals surface area contributed by atoms with Crippen LogP contribution in [0.25, 0.3) is 88.4 Å². The van der Waals surface area contributed by atoms with Crippen molar-refractivity contribution in [3.63, 3.8) is 0 Å². The molecule has 0 fully saturated rings. The minimum Gasteiger partial charge on any atom is -0.455 e. The number of nitrogens with zero attached hydrogens (tertiary/aromatic N) is 1. The summed E-state index contributed by atoms with van der Waals surface area (Å²) in [5.41, 5.74) is 15.0. The molecule has 0 bridgehead atoms. The molecule has 9 aromatic carbocycles. The molecule has 3 heterocycles. The summed E-state index contributed by atoms with van der Waals surface area (Å²) in [5.74, 6) is 1.56. The average molecular weight is 744 g/mol. The van der Waals surface area contributed by atoms with Crippen LogP contribution in [0.1, 0.15) is 0 Å². The lowest BCUT2D eigenvalue weighted by molar-refractivity contribution is 0.477. The molecule has 2 aromatic heterocycles. The molecule has 1 aliphatic rings. The summed E-state index contributed by atoms with van der Waals surface area (Å²) in [6.45, 7) is 0. The highest BCUT2D eigenvalue weighted by molar-refractivity contribution is 6.14. The highest BCUT2D eigenvalue weighted by Crippen LogP contribution is 2.53. The second-order valence-electron chi connectivity index (χ2n) is 14.8. The maximum Gasteiger partial charge on any atom is 0.151 e. The van der Waals surface area contributed by atoms with Crippen molar-refractivity contribution in [1.82, 2.24) is 0 Å². The van der Waals surface area contributed by atoms with E-state index in [9.17, 15) is 0 Å². The third-order valence-corrected chi connectivity index (χ3v) is 11.5. The molecule has 272 valence electrons. The fourth-order valence-corrected chi connectivity index (χ4v) is 8.78. The molecule has 0 saturated carbocycles. The van der Waals surface area contributed by atoms with Gasteiger partial charge in [-0.05, 0) is 58.7 Å². The summed E-state index contributed by atoms with van der Waals surface area (Å²) in [6, 6.07) is 69.9. The van der Waals surface area contributed by atoms with E-state index in [-0.39, 0.29) is 0 Å². The van der Waals surface area contributed by atoms with Crippen LogP contribution >= 0.6 is 0 Å². The number of ether oxygens (including phenoxy) is 1. The van der Waals surface area contributed by atoms with Gasteiger partial charge in [-0.1, -0.05) is 164 Å². The van der Waals surface area contributed by atoms with E-state index in [0.717, 1.165) is 117 Å². The molecule has 0 radical (unpaired) electrons. The highest BCUT2D eigenvalue weighted by Gasteiger charge is 2.28. The van der Waals surface area contributed by atoms with Crippen LogP contribution in [0, 0.1) is 0 Å². The van der Waals surface area contributed by atoms with Crippen molar-refractivity contribution in [1.29, 1.82) is 0 Å². The lowest BCUT2D eigenvalue weighted by Crippen LogP contribution is -2.16. The zero-order valence-electron chi connectivity index (χ0n) is 31.2. The first-order chi connectivity index (χ1) is 28.8. The van der Waals surface area contributed by atoms with Crippen molar-refractivity contribution in [3.05, 3.63) is 200 Å². The first-order valence-electron chi connectivity index (χ1n) is 19.6. The molecule has 0 spiro atoms. The van der Waals surface area contributed by atoms with Gasteiger partial charge < -0.3 is 18.5 Å². The summed E-state index contributed by atoms with van der Waals surface area (Å²) in [7, 11) is 0. The molecule has 4 nitrogen and oxygen atoms in total. The second-order valence-corrected chi connectivity index (χ2v) is 14.8. The van der Waals surface area contributed by atoms with Crippen LogP contribution in [0.2, 0.25) is 0 Å². The molecule has 12 rings (SSSR count). The van der Waals surface area contributed by atoms with Crippen molar-refractivity contribution in [2.24, 2.45) is 0 Å². The molecule has 4 heteroatoms. The van der Waals surface area contributed by atoms with Gasteiger partial charge in [0.1, 0.15) is 22.3 Å². The second kappa shape index (κ2) is 12.9. The molecule has 11 aromatic rings. The van der Waals surface area contributed by atoms with Crippen molar-refractivity contribution >= 4 is 60.9 Å². The SMILES string of the molecule is c1ccc(-c2cccc3c2oc2c(-c4ccc5c(c4)N(c4ccccc4)c4cc(-c6cccc7c6oc6c(-c8ccccc8)cccc67)ccc4O5)cccc23)cc1. The van der Waals surface area contributed by atoms with Crippen molar-refractivity contribution in [2.75, 3.05) is 4.90 Å². The predicted molar refractivity (Wildman–Crippen MR) is 237 cm³/mol. The fourth-order valence-electron chi connectivity index (χ4n) is 8.78. The van der Waals surface area contributed by atoms with Crippen LogP contribution in [0.15, 0.2) is 209 Å². The average Bonchev–Trinajstić information content (AvgIpc) is 3.88. The number of furan rings is 2. The molecular weight excluding hydrogens is 711 g/mol. The minimum atomic E-state index is 0.781. The van der Waals surface area contributed by atoms with Gasteiger partial charge in [-0.25, -0.2) is 0 Å². The largest absolute Gasteiger partial charge is 0.455 e. The summed E-state index contributed by atoms with van der Waals surface area (Å²) < 4.78 is 20.4. The Balaban J connectivity index is 1.01. The number of anilines is 3. The number of fused-ring (bicyclic) bond motifs is 8. The molecule has 0 amide bonds. The van der Waals surface area contributed by atoms with Gasteiger partial charge in [0.2, 0.25) is 0 Å². The van der Waals surface area contributed by atoms with E-state index in [4.69, 9.17) is 13.6 Å². The van der Waals surface area contributed by atoms with Gasteiger partial charge in [0.25, 0.3) is 0 Å². The maximum absolute atomic E-state index is 6.84. The first-order valence-corrected chi connectivity index (χ1v) is 19.6. The van der Waals surface area contributed by atoms with E-state index in [0.29, 0.717) is 0 Å². The molecular formula is C54H33NO3. The Labute approximate surface area is 334 Å². The Morgan fingerprint density at radius 2 is 0.655 bits per heavy atom. The van der Waals surface area contributed by atoms with Crippen LogP contribution in [0.4, 0.5) is 17.1 Å². The third kappa shape index (κ3) is 5.02. The fraction of sp³-hybridized carbons (Fsp3) is 0. The van der Waals surface area contributed by atoms with Crippen molar-refractivity contribution in [3.8, 4) is 56.0 Å². The Hall–Kier alpha value is -7.82. The van der Waals surface area contributed by atoms with E-state index in [1.165, 1.54) is 0 Å². The topological polar surface area (TPSA) is 38.8 Å². The van der Waals surface area contributed by atoms with E-state index in [1.54, 1.807) is 0 Å².